The summed E-state index contributed by atoms with van der Waals surface area (Å²) in [4.78, 5) is 31.4. The summed E-state index contributed by atoms with van der Waals surface area (Å²) in [5, 5.41) is 0. The molecule has 0 aliphatic carbocycles. The molecule has 1 unspecified atom stereocenters. The van der Waals surface area contributed by atoms with E-state index in [4.69, 9.17) is 9.47 Å². The molecule has 6 nitrogen and oxygen atoms in total. The van der Waals surface area contributed by atoms with Crippen molar-refractivity contribution in [1.29, 1.82) is 0 Å². The maximum Gasteiger partial charge on any atom is 0.255 e. The van der Waals surface area contributed by atoms with Crippen LogP contribution in [0.25, 0.3) is 0 Å². The molecule has 1 spiro atoms. The number of rotatable bonds is 2. The van der Waals surface area contributed by atoms with Gasteiger partial charge in [-0.3, -0.25) is 9.59 Å². The van der Waals surface area contributed by atoms with Crippen molar-refractivity contribution in [1.82, 2.24) is 9.88 Å². The Balaban J connectivity index is 1.49. The van der Waals surface area contributed by atoms with Gasteiger partial charge in [-0.15, -0.1) is 0 Å². The van der Waals surface area contributed by atoms with Crippen molar-refractivity contribution in [3.05, 3.63) is 53.7 Å². The normalized spacial score (nSPS) is 22.0. The Morgan fingerprint density at radius 1 is 1.19 bits per heavy atom. The van der Waals surface area contributed by atoms with E-state index in [9.17, 15) is 9.59 Å². The Kier molecular flexibility index (Phi) is 4.56. The minimum absolute atomic E-state index is 0.0512. The van der Waals surface area contributed by atoms with Crippen LogP contribution >= 0.6 is 0 Å². The first-order chi connectivity index (χ1) is 13.1. The molecule has 0 saturated carbocycles. The second-order valence-electron chi connectivity index (χ2n) is 7.12. The summed E-state index contributed by atoms with van der Waals surface area (Å²) in [7, 11) is 1.54. The second kappa shape index (κ2) is 7.02. The van der Waals surface area contributed by atoms with Crippen LogP contribution in [0.2, 0.25) is 0 Å². The van der Waals surface area contributed by atoms with Gasteiger partial charge in [0.25, 0.3) is 5.91 Å². The van der Waals surface area contributed by atoms with Crippen molar-refractivity contribution < 1.29 is 19.1 Å². The lowest BCUT2D eigenvalue weighted by Gasteiger charge is -2.37. The predicted molar refractivity (Wildman–Crippen MR) is 99.3 cm³/mol. The molecule has 1 saturated heterocycles. The average Bonchev–Trinajstić information content (AvgIpc) is 2.90. The number of nitrogens with zero attached hydrogens (tertiary/aromatic N) is 2. The minimum atomic E-state index is -0.515. The zero-order valence-electron chi connectivity index (χ0n) is 15.3. The Labute approximate surface area is 158 Å². The number of hydrogen-bond donors (Lipinski definition) is 0. The molecule has 0 radical (unpaired) electrons. The smallest absolute Gasteiger partial charge is 0.255 e. The van der Waals surface area contributed by atoms with E-state index in [1.165, 1.54) is 0 Å². The van der Waals surface area contributed by atoms with E-state index in [0.717, 1.165) is 12.8 Å². The standard InChI is InChI=1S/C21H22N2O4/c1-26-19-8-7-15(14-22-19)20(25)23-11-4-9-21(10-12-23)13-17(24)16-5-2-3-6-18(16)27-21/h2-3,5-8,14H,4,9-13H2,1H3. The van der Waals surface area contributed by atoms with Gasteiger partial charge in [0.15, 0.2) is 5.78 Å². The van der Waals surface area contributed by atoms with Crippen molar-refractivity contribution in [2.75, 3.05) is 20.2 Å². The highest BCUT2D eigenvalue weighted by Crippen LogP contribution is 2.39. The third kappa shape index (κ3) is 3.39. The molecule has 0 N–H and O–H groups in total. The molecule has 2 aliphatic rings. The zero-order valence-corrected chi connectivity index (χ0v) is 15.3. The van der Waals surface area contributed by atoms with E-state index in [1.807, 2.05) is 29.2 Å². The van der Waals surface area contributed by atoms with Gasteiger partial charge in [-0.05, 0) is 31.0 Å². The molecule has 1 fully saturated rings. The first-order valence-electron chi connectivity index (χ1n) is 9.21. The van der Waals surface area contributed by atoms with Crippen molar-refractivity contribution >= 4 is 11.7 Å². The number of fused-ring (bicyclic) bond motifs is 1. The lowest BCUT2D eigenvalue weighted by atomic mass is 9.84. The number of pyridine rings is 1. The zero-order chi connectivity index (χ0) is 18.9. The minimum Gasteiger partial charge on any atom is -0.486 e. The highest BCUT2D eigenvalue weighted by Gasteiger charge is 2.42. The number of ketones is 1. The van der Waals surface area contributed by atoms with Crippen LogP contribution in [0.5, 0.6) is 11.6 Å². The van der Waals surface area contributed by atoms with Crippen LogP contribution in [0.15, 0.2) is 42.6 Å². The number of likely N-dealkylation sites (tertiary alicyclic amines) is 1. The molecule has 140 valence electrons. The van der Waals surface area contributed by atoms with E-state index in [0.29, 0.717) is 48.7 Å². The number of carbonyl (C=O) groups is 2. The van der Waals surface area contributed by atoms with Gasteiger partial charge in [0.2, 0.25) is 5.88 Å². The molecule has 1 aromatic heterocycles. The third-order valence-corrected chi connectivity index (χ3v) is 5.37. The van der Waals surface area contributed by atoms with Crippen molar-refractivity contribution in [2.45, 2.75) is 31.3 Å². The Hall–Kier alpha value is -2.89. The highest BCUT2D eigenvalue weighted by atomic mass is 16.5. The molecule has 1 amide bonds. The van der Waals surface area contributed by atoms with Crippen molar-refractivity contribution in [2.24, 2.45) is 0 Å². The fourth-order valence-electron chi connectivity index (χ4n) is 3.90. The fraction of sp³-hybridized carbons (Fsp3) is 0.381. The topological polar surface area (TPSA) is 68.7 Å². The van der Waals surface area contributed by atoms with Gasteiger partial charge in [0.05, 0.1) is 24.7 Å². The summed E-state index contributed by atoms with van der Waals surface area (Å²) < 4.78 is 11.3. The molecule has 1 aromatic carbocycles. The lowest BCUT2D eigenvalue weighted by molar-refractivity contribution is 0.0300. The van der Waals surface area contributed by atoms with Crippen LogP contribution in [-0.4, -0.2) is 47.4 Å². The number of para-hydroxylation sites is 1. The van der Waals surface area contributed by atoms with Gasteiger partial charge in [-0.1, -0.05) is 12.1 Å². The van der Waals surface area contributed by atoms with Crippen molar-refractivity contribution in [3.8, 4) is 11.6 Å². The molecule has 27 heavy (non-hydrogen) atoms. The van der Waals surface area contributed by atoms with Crippen LogP contribution < -0.4 is 9.47 Å². The van der Waals surface area contributed by atoms with Crippen LogP contribution in [0.3, 0.4) is 0 Å². The van der Waals surface area contributed by atoms with E-state index >= 15 is 0 Å². The summed E-state index contributed by atoms with van der Waals surface area (Å²) in [5.74, 6) is 1.21. The Morgan fingerprint density at radius 2 is 2.04 bits per heavy atom. The van der Waals surface area contributed by atoms with Gasteiger partial charge in [0.1, 0.15) is 11.4 Å². The summed E-state index contributed by atoms with van der Waals surface area (Å²) >= 11 is 0. The molecule has 2 aromatic rings. The summed E-state index contributed by atoms with van der Waals surface area (Å²) in [6, 6.07) is 10.8. The molecule has 1 atom stereocenters. The number of benzene rings is 1. The third-order valence-electron chi connectivity index (χ3n) is 5.37. The largest absolute Gasteiger partial charge is 0.486 e. The van der Waals surface area contributed by atoms with E-state index in [2.05, 4.69) is 4.98 Å². The monoisotopic (exact) mass is 366 g/mol. The van der Waals surface area contributed by atoms with E-state index < -0.39 is 5.60 Å². The van der Waals surface area contributed by atoms with Crippen LogP contribution in [0.4, 0.5) is 0 Å². The number of amides is 1. The second-order valence-corrected chi connectivity index (χ2v) is 7.12. The maximum atomic E-state index is 12.8. The van der Waals surface area contributed by atoms with E-state index in [-0.39, 0.29) is 11.7 Å². The van der Waals surface area contributed by atoms with Crippen LogP contribution in [0, 0.1) is 0 Å². The van der Waals surface area contributed by atoms with E-state index in [1.54, 1.807) is 25.4 Å². The van der Waals surface area contributed by atoms with Gasteiger partial charge in [-0.25, -0.2) is 4.98 Å². The fourth-order valence-corrected chi connectivity index (χ4v) is 3.90. The molecule has 0 bridgehead atoms. The quantitative estimate of drug-likeness (QED) is 0.817. The average molecular weight is 366 g/mol. The van der Waals surface area contributed by atoms with Gasteiger partial charge >= 0.3 is 0 Å². The number of aromatic nitrogens is 1. The molecule has 2 aliphatic heterocycles. The molecular formula is C21H22N2O4. The predicted octanol–water partition coefficient (Wildman–Crippen LogP) is 3.12. The Bertz CT molecular complexity index is 865. The Morgan fingerprint density at radius 3 is 2.81 bits per heavy atom. The number of methoxy groups -OCH3 is 1. The molecular weight excluding hydrogens is 344 g/mol. The summed E-state index contributed by atoms with van der Waals surface area (Å²) in [5.41, 5.74) is 0.681. The number of hydrogen-bond acceptors (Lipinski definition) is 5. The molecule has 6 heteroatoms. The summed E-state index contributed by atoms with van der Waals surface area (Å²) in [6.45, 7) is 1.20. The maximum absolute atomic E-state index is 12.8. The number of ether oxygens (including phenoxy) is 2. The van der Waals surface area contributed by atoms with Gasteiger partial charge in [0, 0.05) is 31.8 Å². The van der Waals surface area contributed by atoms with Gasteiger partial charge < -0.3 is 14.4 Å². The molecule has 3 heterocycles. The van der Waals surface area contributed by atoms with Crippen LogP contribution in [-0.2, 0) is 0 Å². The lowest BCUT2D eigenvalue weighted by Crippen LogP contribution is -2.43. The van der Waals surface area contributed by atoms with Gasteiger partial charge in [-0.2, -0.15) is 0 Å². The SMILES string of the molecule is COc1ccc(C(=O)N2CCCC3(CC2)CC(=O)c2ccccc2O3)cn1. The first-order valence-corrected chi connectivity index (χ1v) is 9.21. The molecule has 4 rings (SSSR count). The van der Waals surface area contributed by atoms with Crippen molar-refractivity contribution in [3.63, 3.8) is 0 Å². The summed E-state index contributed by atoms with van der Waals surface area (Å²) in [6.07, 6.45) is 4.11. The highest BCUT2D eigenvalue weighted by molar-refractivity contribution is 6.00. The number of carbonyl (C=O) groups excluding carboxylic acids is 2. The number of Topliss-reactive ketones (excluding diaryl/α,β-unsaturated/α-hetero) is 1. The first kappa shape index (κ1) is 17.5. The van der Waals surface area contributed by atoms with Crippen LogP contribution in [0.1, 0.15) is 46.4 Å².